The van der Waals surface area contributed by atoms with Crippen LogP contribution in [0.2, 0.25) is 0 Å². The van der Waals surface area contributed by atoms with E-state index >= 15 is 0 Å². The average molecular weight is 451 g/mol. The number of nitrogens with one attached hydrogen (secondary N) is 2. The number of nitrogens with zero attached hydrogens (tertiary/aromatic N) is 2. The monoisotopic (exact) mass is 450 g/mol. The van der Waals surface area contributed by atoms with Gasteiger partial charge in [-0.3, -0.25) is 14.5 Å². The van der Waals surface area contributed by atoms with E-state index in [1.165, 1.54) is 19.3 Å². The van der Waals surface area contributed by atoms with Gasteiger partial charge in [-0.1, -0.05) is 42.8 Å². The lowest BCUT2D eigenvalue weighted by molar-refractivity contribution is -0.120. The van der Waals surface area contributed by atoms with Crippen molar-refractivity contribution in [2.24, 2.45) is 0 Å². The van der Waals surface area contributed by atoms with Crippen molar-refractivity contribution in [2.75, 3.05) is 49.9 Å². The summed E-state index contributed by atoms with van der Waals surface area (Å²) in [7, 11) is 0. The fraction of sp³-hybridized carbons (Fsp3) is 0.481. The molecule has 6 heteroatoms. The molecule has 0 saturated carbocycles. The van der Waals surface area contributed by atoms with Gasteiger partial charge in [0.25, 0.3) is 0 Å². The number of carbonyl (C=O) groups excluding carboxylic acids is 2. The molecule has 1 aliphatic heterocycles. The van der Waals surface area contributed by atoms with Gasteiger partial charge in [0.15, 0.2) is 0 Å². The number of hydrogen-bond donors (Lipinski definition) is 2. The van der Waals surface area contributed by atoms with Crippen LogP contribution in [0.25, 0.3) is 0 Å². The molecule has 1 fully saturated rings. The number of anilines is 2. The van der Waals surface area contributed by atoms with E-state index in [0.717, 1.165) is 53.3 Å². The predicted octanol–water partition coefficient (Wildman–Crippen LogP) is 4.29. The number of amides is 2. The Morgan fingerprint density at radius 2 is 1.18 bits per heavy atom. The number of benzene rings is 2. The molecular formula is C27H38N4O2. The third kappa shape index (κ3) is 7.41. The smallest absolute Gasteiger partial charge is 0.238 e. The van der Waals surface area contributed by atoms with Crippen molar-refractivity contribution in [3.8, 4) is 0 Å². The Bertz CT molecular complexity index is 859. The first-order chi connectivity index (χ1) is 15.8. The summed E-state index contributed by atoms with van der Waals surface area (Å²) in [6, 6.07) is 12.0. The van der Waals surface area contributed by atoms with Gasteiger partial charge in [-0.25, -0.2) is 0 Å². The first kappa shape index (κ1) is 24.9. The molecule has 1 saturated heterocycles. The van der Waals surface area contributed by atoms with Gasteiger partial charge in [0.1, 0.15) is 0 Å². The van der Waals surface area contributed by atoms with Gasteiger partial charge in [0.2, 0.25) is 11.8 Å². The minimum Gasteiger partial charge on any atom is -0.324 e. The van der Waals surface area contributed by atoms with Crippen LogP contribution in [0.3, 0.4) is 0 Å². The number of piperidine rings is 1. The molecule has 0 aliphatic carbocycles. The first-order valence-corrected chi connectivity index (χ1v) is 12.0. The van der Waals surface area contributed by atoms with E-state index in [1.807, 2.05) is 69.0 Å². The zero-order valence-electron chi connectivity index (χ0n) is 20.5. The maximum atomic E-state index is 12.9. The molecule has 0 unspecified atom stereocenters. The molecule has 1 aliphatic rings. The molecule has 1 heterocycles. The summed E-state index contributed by atoms with van der Waals surface area (Å²) >= 11 is 0. The zero-order chi connectivity index (χ0) is 23.8. The lowest BCUT2D eigenvalue weighted by Gasteiger charge is -2.29. The minimum atomic E-state index is -0.0917. The molecular weight excluding hydrogens is 412 g/mol. The highest BCUT2D eigenvalue weighted by molar-refractivity contribution is 5.96. The minimum absolute atomic E-state index is 0.0917. The Labute approximate surface area is 198 Å². The van der Waals surface area contributed by atoms with Gasteiger partial charge >= 0.3 is 0 Å². The van der Waals surface area contributed by atoms with E-state index in [-0.39, 0.29) is 24.9 Å². The highest BCUT2D eigenvalue weighted by Gasteiger charge is 2.19. The van der Waals surface area contributed by atoms with Crippen molar-refractivity contribution in [3.05, 3.63) is 58.7 Å². The van der Waals surface area contributed by atoms with E-state index in [9.17, 15) is 9.59 Å². The molecule has 2 aromatic carbocycles. The fourth-order valence-electron chi connectivity index (χ4n) is 4.47. The van der Waals surface area contributed by atoms with Crippen LogP contribution >= 0.6 is 0 Å². The molecule has 0 atom stereocenters. The Morgan fingerprint density at radius 1 is 0.758 bits per heavy atom. The second kappa shape index (κ2) is 12.0. The fourth-order valence-corrected chi connectivity index (χ4v) is 4.47. The van der Waals surface area contributed by atoms with Crippen LogP contribution in [-0.2, 0) is 9.59 Å². The zero-order valence-corrected chi connectivity index (χ0v) is 20.5. The molecule has 6 nitrogen and oxygen atoms in total. The second-order valence-electron chi connectivity index (χ2n) is 9.24. The van der Waals surface area contributed by atoms with Crippen molar-refractivity contribution in [2.45, 2.75) is 47.0 Å². The highest BCUT2D eigenvalue weighted by atomic mass is 16.2. The summed E-state index contributed by atoms with van der Waals surface area (Å²) < 4.78 is 0. The van der Waals surface area contributed by atoms with Gasteiger partial charge in [-0.15, -0.1) is 0 Å². The highest BCUT2D eigenvalue weighted by Crippen LogP contribution is 2.20. The normalized spacial score (nSPS) is 14.3. The van der Waals surface area contributed by atoms with Crippen molar-refractivity contribution in [3.63, 3.8) is 0 Å². The summed E-state index contributed by atoms with van der Waals surface area (Å²) in [5.74, 6) is -0.183. The maximum absolute atomic E-state index is 12.9. The number of rotatable bonds is 9. The van der Waals surface area contributed by atoms with E-state index in [1.54, 1.807) is 0 Å². The van der Waals surface area contributed by atoms with Gasteiger partial charge < -0.3 is 15.5 Å². The maximum Gasteiger partial charge on any atom is 0.238 e. The molecule has 2 N–H and O–H groups in total. The predicted molar refractivity (Wildman–Crippen MR) is 136 cm³/mol. The third-order valence-corrected chi connectivity index (χ3v) is 6.41. The number of aryl methyl sites for hydroxylation is 4. The van der Waals surface area contributed by atoms with E-state index in [0.29, 0.717) is 6.54 Å². The standard InChI is InChI=1S/C27H38N4O2/c1-20-10-8-11-21(2)26(20)28-24(32)18-31(17-16-30-14-6-5-7-15-30)19-25(33)29-27-22(3)12-9-13-23(27)4/h8-13H,5-7,14-19H2,1-4H3,(H,28,32)(H,29,33). The summed E-state index contributed by atoms with van der Waals surface area (Å²) in [5.41, 5.74) is 5.87. The number of para-hydroxylation sites is 2. The topological polar surface area (TPSA) is 64.7 Å². The number of likely N-dealkylation sites (tertiary alicyclic amines) is 1. The number of hydrogen-bond acceptors (Lipinski definition) is 4. The van der Waals surface area contributed by atoms with Crippen LogP contribution in [-0.4, -0.2) is 60.9 Å². The van der Waals surface area contributed by atoms with E-state index < -0.39 is 0 Å². The van der Waals surface area contributed by atoms with Gasteiger partial charge in [-0.2, -0.15) is 0 Å². The quantitative estimate of drug-likeness (QED) is 0.598. The van der Waals surface area contributed by atoms with Crippen molar-refractivity contribution in [1.29, 1.82) is 0 Å². The van der Waals surface area contributed by atoms with Crippen LogP contribution in [0.15, 0.2) is 36.4 Å². The molecule has 0 spiro atoms. The SMILES string of the molecule is Cc1cccc(C)c1NC(=O)CN(CCN1CCCCC1)CC(=O)Nc1c(C)cccc1C. The van der Waals surface area contributed by atoms with E-state index in [2.05, 4.69) is 15.5 Å². The molecule has 178 valence electrons. The summed E-state index contributed by atoms with van der Waals surface area (Å²) in [6.07, 6.45) is 3.73. The van der Waals surface area contributed by atoms with Crippen LogP contribution < -0.4 is 10.6 Å². The van der Waals surface area contributed by atoms with Crippen LogP contribution in [0.1, 0.15) is 41.5 Å². The Kier molecular flexibility index (Phi) is 9.03. The van der Waals surface area contributed by atoms with Crippen LogP contribution in [0.5, 0.6) is 0 Å². The van der Waals surface area contributed by atoms with Gasteiger partial charge in [-0.05, 0) is 75.9 Å². The lowest BCUT2D eigenvalue weighted by Crippen LogP contribution is -2.44. The number of carbonyl (C=O) groups is 2. The van der Waals surface area contributed by atoms with Gasteiger partial charge in [0.05, 0.1) is 13.1 Å². The summed E-state index contributed by atoms with van der Waals surface area (Å²) in [4.78, 5) is 30.2. The second-order valence-corrected chi connectivity index (χ2v) is 9.24. The molecule has 0 aromatic heterocycles. The van der Waals surface area contributed by atoms with Crippen molar-refractivity contribution >= 4 is 23.2 Å². The molecule has 3 rings (SSSR count). The van der Waals surface area contributed by atoms with Crippen molar-refractivity contribution in [1.82, 2.24) is 9.80 Å². The largest absolute Gasteiger partial charge is 0.324 e. The Balaban J connectivity index is 1.65. The van der Waals surface area contributed by atoms with Crippen LogP contribution in [0, 0.1) is 27.7 Å². The molecule has 0 radical (unpaired) electrons. The van der Waals surface area contributed by atoms with Crippen molar-refractivity contribution < 1.29 is 9.59 Å². The third-order valence-electron chi connectivity index (χ3n) is 6.41. The Morgan fingerprint density at radius 3 is 1.61 bits per heavy atom. The first-order valence-electron chi connectivity index (χ1n) is 12.0. The summed E-state index contributed by atoms with van der Waals surface area (Å²) in [5, 5.41) is 6.12. The molecule has 33 heavy (non-hydrogen) atoms. The molecule has 0 bridgehead atoms. The van der Waals surface area contributed by atoms with E-state index in [4.69, 9.17) is 0 Å². The summed E-state index contributed by atoms with van der Waals surface area (Å²) in [6.45, 7) is 12.1. The van der Waals surface area contributed by atoms with Gasteiger partial charge in [0, 0.05) is 24.5 Å². The van der Waals surface area contributed by atoms with Crippen LogP contribution in [0.4, 0.5) is 11.4 Å². The molecule has 2 aromatic rings. The average Bonchev–Trinajstić information content (AvgIpc) is 2.78. The molecule has 2 amide bonds. The Hall–Kier alpha value is -2.70. The lowest BCUT2D eigenvalue weighted by atomic mass is 10.1.